The van der Waals surface area contributed by atoms with E-state index in [1.54, 1.807) is 48.2 Å². The van der Waals surface area contributed by atoms with E-state index in [0.29, 0.717) is 30.1 Å². The van der Waals surface area contributed by atoms with Crippen LogP contribution in [0.3, 0.4) is 0 Å². The molecule has 1 atom stereocenters. The summed E-state index contributed by atoms with van der Waals surface area (Å²) in [5.74, 6) is -0.486. The van der Waals surface area contributed by atoms with E-state index >= 15 is 0 Å². The first kappa shape index (κ1) is 24.9. The van der Waals surface area contributed by atoms with E-state index in [2.05, 4.69) is 10.0 Å². The average molecular weight is 512 g/mol. The van der Waals surface area contributed by atoms with Gasteiger partial charge in [-0.2, -0.15) is 4.72 Å². The van der Waals surface area contributed by atoms with E-state index in [0.717, 1.165) is 16.8 Å². The minimum atomic E-state index is -4.02. The Morgan fingerprint density at radius 3 is 2.43 bits per heavy atom. The van der Waals surface area contributed by atoms with Crippen molar-refractivity contribution in [3.05, 3.63) is 88.9 Å². The molecule has 3 aromatic carbocycles. The first-order chi connectivity index (χ1) is 16.8. The third-order valence-corrected chi connectivity index (χ3v) is 7.59. The van der Waals surface area contributed by atoms with Crippen molar-refractivity contribution in [1.82, 2.24) is 4.72 Å². The third-order valence-electron chi connectivity index (χ3n) is 5.87. The molecule has 0 unspecified atom stereocenters. The normalized spacial score (nSPS) is 13.8. The lowest BCUT2D eigenvalue weighted by Gasteiger charge is -2.20. The molecule has 2 amide bonds. The predicted octanol–water partition coefficient (Wildman–Crippen LogP) is 4.17. The monoisotopic (exact) mass is 511 g/mol. The van der Waals surface area contributed by atoms with Crippen LogP contribution in [0.5, 0.6) is 0 Å². The molecule has 1 aliphatic heterocycles. The summed E-state index contributed by atoms with van der Waals surface area (Å²) < 4.78 is 29.2. The quantitative estimate of drug-likeness (QED) is 0.474. The van der Waals surface area contributed by atoms with Crippen LogP contribution in [0.1, 0.15) is 24.5 Å². The molecule has 0 fully saturated rings. The Bertz CT molecular complexity index is 1330. The first-order valence-corrected chi connectivity index (χ1v) is 13.2. The summed E-state index contributed by atoms with van der Waals surface area (Å²) in [6.45, 7) is 2.32. The lowest BCUT2D eigenvalue weighted by atomic mass is 10.1. The Labute approximate surface area is 210 Å². The number of hydrogen-bond donors (Lipinski definition) is 2. The number of rotatable bonds is 8. The average Bonchev–Trinajstić information content (AvgIpc) is 3.28. The molecule has 35 heavy (non-hydrogen) atoms. The summed E-state index contributed by atoms with van der Waals surface area (Å²) in [5.41, 5.74) is 2.85. The maximum Gasteiger partial charge on any atom is 0.242 e. The number of nitrogens with one attached hydrogen (secondary N) is 2. The summed E-state index contributed by atoms with van der Waals surface area (Å²) in [4.78, 5) is 27.0. The van der Waals surface area contributed by atoms with Gasteiger partial charge in [0.2, 0.25) is 21.8 Å². The predicted molar refractivity (Wildman–Crippen MR) is 137 cm³/mol. The molecule has 182 valence electrons. The highest BCUT2D eigenvalue weighted by Crippen LogP contribution is 2.30. The Hall–Kier alpha value is -3.20. The van der Waals surface area contributed by atoms with Crippen LogP contribution in [0.15, 0.2) is 77.7 Å². The SMILES string of the molecule is CCC(=O)N1CCc2cc(S(=O)(=O)N[C@@H](Cc3ccccc3)C(=O)Nc3ccc(Cl)cc3)ccc21. The number of halogens is 1. The van der Waals surface area contributed by atoms with Crippen molar-refractivity contribution >= 4 is 44.8 Å². The molecule has 0 spiro atoms. The fourth-order valence-electron chi connectivity index (χ4n) is 4.05. The highest BCUT2D eigenvalue weighted by atomic mass is 35.5. The van der Waals surface area contributed by atoms with Crippen molar-refractivity contribution in [2.24, 2.45) is 0 Å². The number of nitrogens with zero attached hydrogens (tertiary/aromatic N) is 1. The number of anilines is 2. The largest absolute Gasteiger partial charge is 0.325 e. The Morgan fingerprint density at radius 2 is 1.74 bits per heavy atom. The molecule has 3 aromatic rings. The van der Waals surface area contributed by atoms with Crippen molar-refractivity contribution in [3.8, 4) is 0 Å². The Morgan fingerprint density at radius 1 is 1.03 bits per heavy atom. The smallest absolute Gasteiger partial charge is 0.242 e. The summed E-state index contributed by atoms with van der Waals surface area (Å²) in [7, 11) is -4.02. The topological polar surface area (TPSA) is 95.6 Å². The highest BCUT2D eigenvalue weighted by Gasteiger charge is 2.29. The van der Waals surface area contributed by atoms with Gasteiger partial charge in [0, 0.05) is 29.4 Å². The summed E-state index contributed by atoms with van der Waals surface area (Å²) >= 11 is 5.92. The molecule has 0 aromatic heterocycles. The minimum absolute atomic E-state index is 0.000669. The minimum Gasteiger partial charge on any atom is -0.325 e. The van der Waals surface area contributed by atoms with Gasteiger partial charge in [0.15, 0.2) is 0 Å². The molecule has 0 saturated heterocycles. The van der Waals surface area contributed by atoms with Gasteiger partial charge in [-0.05, 0) is 66.4 Å². The van der Waals surface area contributed by atoms with Gasteiger partial charge in [0.1, 0.15) is 6.04 Å². The summed E-state index contributed by atoms with van der Waals surface area (Å²) in [6.07, 6.45) is 1.13. The second-order valence-electron chi connectivity index (χ2n) is 8.30. The van der Waals surface area contributed by atoms with Crippen LogP contribution in [0, 0.1) is 0 Å². The fraction of sp³-hybridized carbons (Fsp3) is 0.231. The van der Waals surface area contributed by atoms with Crippen molar-refractivity contribution in [2.75, 3.05) is 16.8 Å². The Balaban J connectivity index is 1.58. The first-order valence-electron chi connectivity index (χ1n) is 11.3. The molecule has 0 aliphatic carbocycles. The van der Waals surface area contributed by atoms with Crippen molar-refractivity contribution in [2.45, 2.75) is 37.1 Å². The number of sulfonamides is 1. The van der Waals surface area contributed by atoms with Crippen LogP contribution in [0.2, 0.25) is 5.02 Å². The zero-order chi connectivity index (χ0) is 25.0. The van der Waals surface area contributed by atoms with Gasteiger partial charge in [0.05, 0.1) is 4.90 Å². The van der Waals surface area contributed by atoms with Crippen LogP contribution in [-0.2, 0) is 32.5 Å². The van der Waals surface area contributed by atoms with Gasteiger partial charge in [-0.15, -0.1) is 0 Å². The van der Waals surface area contributed by atoms with Gasteiger partial charge in [0.25, 0.3) is 0 Å². The molecule has 7 nitrogen and oxygen atoms in total. The maximum atomic E-state index is 13.3. The van der Waals surface area contributed by atoms with Crippen molar-refractivity contribution < 1.29 is 18.0 Å². The van der Waals surface area contributed by atoms with Crippen LogP contribution in [0.25, 0.3) is 0 Å². The van der Waals surface area contributed by atoms with E-state index in [-0.39, 0.29) is 17.2 Å². The zero-order valence-corrected chi connectivity index (χ0v) is 20.8. The van der Waals surface area contributed by atoms with Gasteiger partial charge >= 0.3 is 0 Å². The van der Waals surface area contributed by atoms with Crippen molar-refractivity contribution in [3.63, 3.8) is 0 Å². The molecule has 4 rings (SSSR count). The number of carbonyl (C=O) groups excluding carboxylic acids is 2. The number of amides is 2. The molecule has 0 radical (unpaired) electrons. The van der Waals surface area contributed by atoms with E-state index in [9.17, 15) is 18.0 Å². The van der Waals surface area contributed by atoms with Gasteiger partial charge < -0.3 is 10.2 Å². The number of hydrogen-bond acceptors (Lipinski definition) is 4. The molecule has 0 saturated carbocycles. The van der Waals surface area contributed by atoms with E-state index in [1.807, 2.05) is 30.3 Å². The lowest BCUT2D eigenvalue weighted by Crippen LogP contribution is -2.45. The fourth-order valence-corrected chi connectivity index (χ4v) is 5.42. The molecular weight excluding hydrogens is 486 g/mol. The second-order valence-corrected chi connectivity index (χ2v) is 10.4. The van der Waals surface area contributed by atoms with Gasteiger partial charge in [-0.3, -0.25) is 9.59 Å². The lowest BCUT2D eigenvalue weighted by molar-refractivity contribution is -0.118. The maximum absolute atomic E-state index is 13.3. The van der Waals surface area contributed by atoms with E-state index in [4.69, 9.17) is 11.6 Å². The van der Waals surface area contributed by atoms with Gasteiger partial charge in [-0.25, -0.2) is 8.42 Å². The molecule has 9 heteroatoms. The van der Waals surface area contributed by atoms with Crippen LogP contribution < -0.4 is 14.9 Å². The van der Waals surface area contributed by atoms with E-state index in [1.165, 1.54) is 6.07 Å². The van der Waals surface area contributed by atoms with Crippen LogP contribution >= 0.6 is 11.6 Å². The third kappa shape index (κ3) is 5.90. The molecule has 2 N–H and O–H groups in total. The zero-order valence-electron chi connectivity index (χ0n) is 19.2. The second kappa shape index (κ2) is 10.6. The standard InChI is InChI=1S/C26H26ClN3O4S/c1-2-25(31)30-15-14-19-17-22(12-13-24(19)30)35(33,34)29-23(16-18-6-4-3-5-7-18)26(32)28-21-10-8-20(27)9-11-21/h3-13,17,23,29H,2,14-16H2,1H3,(H,28,32)/t23-/m0/s1. The molecule has 0 bridgehead atoms. The van der Waals surface area contributed by atoms with Gasteiger partial charge in [-0.1, -0.05) is 48.9 Å². The molecule has 1 aliphatic rings. The number of benzene rings is 3. The number of fused-ring (bicyclic) bond motifs is 1. The molecular formula is C26H26ClN3O4S. The van der Waals surface area contributed by atoms with Crippen molar-refractivity contribution in [1.29, 1.82) is 0 Å². The number of carbonyl (C=O) groups is 2. The molecule has 1 heterocycles. The van der Waals surface area contributed by atoms with Crippen LogP contribution in [-0.4, -0.2) is 32.8 Å². The van der Waals surface area contributed by atoms with E-state index < -0.39 is 22.0 Å². The Kier molecular flexibility index (Phi) is 7.54. The summed E-state index contributed by atoms with van der Waals surface area (Å²) in [5, 5.41) is 3.29. The summed E-state index contributed by atoms with van der Waals surface area (Å²) in [6, 6.07) is 19.4. The highest BCUT2D eigenvalue weighted by molar-refractivity contribution is 7.89. The van der Waals surface area contributed by atoms with Crippen LogP contribution in [0.4, 0.5) is 11.4 Å².